The highest BCUT2D eigenvalue weighted by Crippen LogP contribution is 2.61. The molecule has 0 spiro atoms. The van der Waals surface area contributed by atoms with Gasteiger partial charge in [0.15, 0.2) is 11.6 Å². The van der Waals surface area contributed by atoms with Crippen LogP contribution in [-0.4, -0.2) is 21.8 Å². The zero-order valence-electron chi connectivity index (χ0n) is 12.5. The largest absolute Gasteiger partial charge is 0.507 e. The third kappa shape index (κ3) is 1.35. The Morgan fingerprint density at radius 3 is 1.42 bits per heavy atom. The lowest BCUT2D eigenvalue weighted by atomic mass is 9.58. The maximum absolute atomic E-state index is 12.8. The van der Waals surface area contributed by atoms with E-state index in [2.05, 4.69) is 0 Å². The summed E-state index contributed by atoms with van der Waals surface area (Å²) in [5, 5.41) is 22.2. The zero-order chi connectivity index (χ0) is 16.6. The van der Waals surface area contributed by atoms with Gasteiger partial charge in [-0.15, -0.1) is 0 Å². The second-order valence-corrected chi connectivity index (χ2v) is 6.30. The Bertz CT molecular complexity index is 995. The van der Waals surface area contributed by atoms with Crippen molar-refractivity contribution >= 4 is 22.3 Å². The maximum atomic E-state index is 12.8. The van der Waals surface area contributed by atoms with Gasteiger partial charge in [-0.3, -0.25) is 9.59 Å². The van der Waals surface area contributed by atoms with Crippen LogP contribution in [0.3, 0.4) is 0 Å². The molecule has 0 aromatic heterocycles. The van der Waals surface area contributed by atoms with Crippen LogP contribution in [0.5, 0.6) is 11.5 Å². The monoisotopic (exact) mass is 316 g/mol. The van der Waals surface area contributed by atoms with E-state index in [1.54, 1.807) is 48.5 Å². The third-order valence-electron chi connectivity index (χ3n) is 5.22. The molecule has 4 nitrogen and oxygen atoms in total. The Morgan fingerprint density at radius 1 is 0.625 bits per heavy atom. The molecule has 24 heavy (non-hydrogen) atoms. The molecule has 0 heterocycles. The highest BCUT2D eigenvalue weighted by molar-refractivity contribution is 6.23. The van der Waals surface area contributed by atoms with Crippen LogP contribution in [0.1, 0.15) is 43.7 Å². The van der Waals surface area contributed by atoms with Gasteiger partial charge in [0, 0.05) is 33.0 Å². The van der Waals surface area contributed by atoms with Gasteiger partial charge in [-0.25, -0.2) is 0 Å². The number of Topliss-reactive ketones (excluding diaryl/α,β-unsaturated/α-hetero) is 2. The number of hydrogen-bond donors (Lipinski definition) is 2. The lowest BCUT2D eigenvalue weighted by molar-refractivity contribution is 0.0810. The van der Waals surface area contributed by atoms with Crippen LogP contribution >= 0.6 is 0 Å². The van der Waals surface area contributed by atoms with Gasteiger partial charge >= 0.3 is 0 Å². The molecule has 0 saturated carbocycles. The van der Waals surface area contributed by atoms with E-state index in [4.69, 9.17) is 0 Å². The van der Waals surface area contributed by atoms with E-state index in [9.17, 15) is 19.8 Å². The summed E-state index contributed by atoms with van der Waals surface area (Å²) in [6.07, 6.45) is 0. The average Bonchev–Trinajstić information content (AvgIpc) is 2.58. The molecule has 2 aliphatic carbocycles. The van der Waals surface area contributed by atoms with Gasteiger partial charge in [-0.2, -0.15) is 0 Å². The predicted octanol–water partition coefficient (Wildman–Crippen LogP) is 3.51. The minimum absolute atomic E-state index is 0.0137. The van der Waals surface area contributed by atoms with Crippen molar-refractivity contribution < 1.29 is 19.8 Å². The van der Waals surface area contributed by atoms with Gasteiger partial charge in [-0.05, 0) is 0 Å². The number of hydrogen-bond acceptors (Lipinski definition) is 4. The Balaban J connectivity index is 1.84. The first kappa shape index (κ1) is 13.3. The summed E-state index contributed by atoms with van der Waals surface area (Å²) in [6, 6.07) is 13.6. The van der Waals surface area contributed by atoms with Crippen molar-refractivity contribution in [3.8, 4) is 11.5 Å². The Kier molecular flexibility index (Phi) is 2.35. The Labute approximate surface area is 137 Å². The second-order valence-electron chi connectivity index (χ2n) is 6.30. The molecule has 0 fully saturated rings. The quantitative estimate of drug-likeness (QED) is 0.622. The summed E-state index contributed by atoms with van der Waals surface area (Å²) in [6.45, 7) is 0. The molecule has 2 aliphatic rings. The molecule has 3 aromatic carbocycles. The standard InChI is InChI=1S/C20H12O4/c21-17-9-5-1-2-6-10(9)18(22)14-13(17)15-16(14)20(24)12-8-4-3-7-11(12)19(15)23/h1-8,13-14,23-24H. The fraction of sp³-hybridized carbons (Fsp3) is 0.100. The van der Waals surface area contributed by atoms with Gasteiger partial charge in [0.1, 0.15) is 11.5 Å². The lowest BCUT2D eigenvalue weighted by Gasteiger charge is -2.42. The van der Waals surface area contributed by atoms with Crippen LogP contribution < -0.4 is 0 Å². The first-order chi connectivity index (χ1) is 11.6. The second kappa shape index (κ2) is 4.23. The molecule has 0 amide bonds. The number of phenolic OH excluding ortho intramolecular Hbond substituents is 2. The molecule has 2 atom stereocenters. The van der Waals surface area contributed by atoms with E-state index in [0.29, 0.717) is 33.0 Å². The molecule has 0 radical (unpaired) electrons. The molecule has 3 aromatic rings. The number of ketones is 2. The third-order valence-corrected chi connectivity index (χ3v) is 5.22. The molecule has 4 heteroatoms. The summed E-state index contributed by atoms with van der Waals surface area (Å²) < 4.78 is 0. The normalized spacial score (nSPS) is 21.0. The van der Waals surface area contributed by atoms with E-state index in [0.717, 1.165) is 0 Å². The maximum Gasteiger partial charge on any atom is 0.172 e. The first-order valence-electron chi connectivity index (χ1n) is 7.75. The van der Waals surface area contributed by atoms with Crippen LogP contribution in [0.2, 0.25) is 0 Å². The number of rotatable bonds is 0. The van der Waals surface area contributed by atoms with Crippen LogP contribution in [0, 0.1) is 0 Å². The molecule has 0 bridgehead atoms. The van der Waals surface area contributed by atoms with Crippen molar-refractivity contribution in [3.05, 3.63) is 70.8 Å². The number of aromatic hydroxyl groups is 2. The fourth-order valence-corrected chi connectivity index (χ4v) is 4.12. The lowest BCUT2D eigenvalue weighted by Crippen LogP contribution is -2.41. The average molecular weight is 316 g/mol. The minimum Gasteiger partial charge on any atom is -0.507 e. The van der Waals surface area contributed by atoms with E-state index >= 15 is 0 Å². The molecular weight excluding hydrogens is 304 g/mol. The summed E-state index contributed by atoms with van der Waals surface area (Å²) in [5.74, 6) is -1.79. The van der Waals surface area contributed by atoms with E-state index in [1.165, 1.54) is 0 Å². The first-order valence-corrected chi connectivity index (χ1v) is 7.75. The predicted molar refractivity (Wildman–Crippen MR) is 87.9 cm³/mol. The highest BCUT2D eigenvalue weighted by atomic mass is 16.3. The Hall–Kier alpha value is -3.14. The van der Waals surface area contributed by atoms with Gasteiger partial charge in [-0.1, -0.05) is 48.5 Å². The van der Waals surface area contributed by atoms with E-state index in [-0.39, 0.29) is 23.1 Å². The summed E-state index contributed by atoms with van der Waals surface area (Å²) in [7, 11) is 0. The number of carbonyl (C=O) groups excluding carboxylic acids is 2. The number of carbonyl (C=O) groups is 2. The van der Waals surface area contributed by atoms with Crippen molar-refractivity contribution in [2.24, 2.45) is 0 Å². The molecule has 5 rings (SSSR count). The van der Waals surface area contributed by atoms with E-state index < -0.39 is 11.8 Å². The van der Waals surface area contributed by atoms with Crippen LogP contribution in [-0.2, 0) is 0 Å². The van der Waals surface area contributed by atoms with Crippen molar-refractivity contribution in [3.63, 3.8) is 0 Å². The number of fused-ring (bicyclic) bond motifs is 6. The van der Waals surface area contributed by atoms with Gasteiger partial charge in [0.2, 0.25) is 0 Å². The summed E-state index contributed by atoms with van der Waals surface area (Å²) in [5.41, 5.74) is 1.57. The highest BCUT2D eigenvalue weighted by Gasteiger charge is 2.54. The topological polar surface area (TPSA) is 74.6 Å². The van der Waals surface area contributed by atoms with Crippen LogP contribution in [0.4, 0.5) is 0 Å². The number of benzene rings is 3. The Morgan fingerprint density at radius 2 is 1.00 bits per heavy atom. The molecule has 116 valence electrons. The summed E-state index contributed by atoms with van der Waals surface area (Å²) >= 11 is 0. The van der Waals surface area contributed by atoms with Crippen molar-refractivity contribution in [2.75, 3.05) is 0 Å². The molecule has 2 unspecified atom stereocenters. The van der Waals surface area contributed by atoms with Gasteiger partial charge < -0.3 is 10.2 Å². The smallest absolute Gasteiger partial charge is 0.172 e. The van der Waals surface area contributed by atoms with Crippen molar-refractivity contribution in [1.29, 1.82) is 0 Å². The van der Waals surface area contributed by atoms with Crippen LogP contribution in [0.15, 0.2) is 48.5 Å². The molecule has 0 saturated heterocycles. The fourth-order valence-electron chi connectivity index (χ4n) is 4.12. The molecule has 0 aliphatic heterocycles. The SMILES string of the molecule is O=C1c2ccccc2C(=O)C2c3c(c(O)c4ccccc4c3O)C12. The number of phenols is 2. The minimum atomic E-state index is -0.710. The van der Waals surface area contributed by atoms with Crippen molar-refractivity contribution in [1.82, 2.24) is 0 Å². The molecular formula is C20H12O4. The summed E-state index contributed by atoms with van der Waals surface area (Å²) in [4.78, 5) is 25.7. The van der Waals surface area contributed by atoms with Gasteiger partial charge in [0.25, 0.3) is 0 Å². The van der Waals surface area contributed by atoms with E-state index in [1.807, 2.05) is 0 Å². The van der Waals surface area contributed by atoms with Crippen LogP contribution in [0.25, 0.3) is 10.8 Å². The van der Waals surface area contributed by atoms with Gasteiger partial charge in [0.05, 0.1) is 11.8 Å². The molecule has 2 N–H and O–H groups in total. The van der Waals surface area contributed by atoms with Crippen molar-refractivity contribution in [2.45, 2.75) is 11.8 Å². The zero-order valence-corrected chi connectivity index (χ0v) is 12.5.